The van der Waals surface area contributed by atoms with Gasteiger partial charge in [0, 0.05) is 25.4 Å². The van der Waals surface area contributed by atoms with Gasteiger partial charge in [-0.2, -0.15) is 0 Å². The van der Waals surface area contributed by atoms with Crippen molar-refractivity contribution in [3.8, 4) is 0 Å². The van der Waals surface area contributed by atoms with Crippen molar-refractivity contribution in [2.45, 2.75) is 4.34 Å². The molecule has 0 saturated carbocycles. The first-order valence-electron chi connectivity index (χ1n) is 7.09. The molecule has 2 aromatic rings. The van der Waals surface area contributed by atoms with E-state index >= 15 is 0 Å². The van der Waals surface area contributed by atoms with Crippen LogP contribution in [0.5, 0.6) is 0 Å². The topological polar surface area (TPSA) is 50.3 Å². The zero-order chi connectivity index (χ0) is 15.2. The number of nitrogens with one attached hydrogen (secondary N) is 1. The number of para-hydroxylation sites is 1. The highest BCUT2D eigenvalue weighted by molar-refractivity contribution is 8.01. The number of anilines is 2. The van der Waals surface area contributed by atoms with E-state index in [4.69, 9.17) is 4.74 Å². The fourth-order valence-electron chi connectivity index (χ4n) is 2.08. The molecule has 1 fully saturated rings. The Balaban J connectivity index is 1.47. The molecule has 2 heterocycles. The Morgan fingerprint density at radius 2 is 2.09 bits per heavy atom. The number of morpholine rings is 1. The van der Waals surface area contributed by atoms with Crippen molar-refractivity contribution in [3.05, 3.63) is 30.1 Å². The number of nitrogens with zero attached hydrogens (tertiary/aromatic N) is 3. The van der Waals surface area contributed by atoms with Gasteiger partial charge < -0.3 is 10.1 Å². The highest BCUT2D eigenvalue weighted by atomic mass is 32.2. The van der Waals surface area contributed by atoms with Crippen molar-refractivity contribution in [2.24, 2.45) is 0 Å². The highest BCUT2D eigenvalue weighted by Gasteiger charge is 2.11. The molecular weight excluding hydrogens is 323 g/mol. The molecule has 8 heteroatoms. The van der Waals surface area contributed by atoms with Gasteiger partial charge in [0.1, 0.15) is 5.82 Å². The molecular formula is C14H17FN4OS2. The molecule has 1 aromatic carbocycles. The van der Waals surface area contributed by atoms with Crippen molar-refractivity contribution >= 4 is 33.9 Å². The normalized spacial score (nSPS) is 15.9. The van der Waals surface area contributed by atoms with Gasteiger partial charge in [0.15, 0.2) is 4.34 Å². The summed E-state index contributed by atoms with van der Waals surface area (Å²) in [6.45, 7) is 4.65. The van der Waals surface area contributed by atoms with Crippen molar-refractivity contribution < 1.29 is 9.13 Å². The fourth-order valence-corrected chi connectivity index (χ4v) is 3.92. The summed E-state index contributed by atoms with van der Waals surface area (Å²) >= 11 is 3.12. The lowest BCUT2D eigenvalue weighted by molar-refractivity contribution is 0.0410. The van der Waals surface area contributed by atoms with Crippen LogP contribution >= 0.6 is 23.1 Å². The number of halogens is 1. The molecule has 0 unspecified atom stereocenters. The smallest absolute Gasteiger partial charge is 0.210 e. The minimum Gasteiger partial charge on any atom is -0.379 e. The summed E-state index contributed by atoms with van der Waals surface area (Å²) in [6, 6.07) is 6.54. The molecule has 0 spiro atoms. The number of thioether (sulfide) groups is 1. The molecule has 0 radical (unpaired) electrons. The van der Waals surface area contributed by atoms with Crippen molar-refractivity contribution in [2.75, 3.05) is 43.9 Å². The molecule has 0 aliphatic carbocycles. The lowest BCUT2D eigenvalue weighted by atomic mass is 10.3. The first-order valence-corrected chi connectivity index (χ1v) is 8.89. The van der Waals surface area contributed by atoms with Gasteiger partial charge in [0.05, 0.1) is 18.9 Å². The van der Waals surface area contributed by atoms with Crippen LogP contribution in [-0.2, 0) is 4.74 Å². The maximum Gasteiger partial charge on any atom is 0.210 e. The van der Waals surface area contributed by atoms with Gasteiger partial charge in [-0.1, -0.05) is 35.2 Å². The van der Waals surface area contributed by atoms with Crippen molar-refractivity contribution in [1.82, 2.24) is 15.1 Å². The second-order valence-electron chi connectivity index (χ2n) is 4.78. The van der Waals surface area contributed by atoms with Gasteiger partial charge in [-0.05, 0) is 12.1 Å². The third-order valence-corrected chi connectivity index (χ3v) is 5.21. The number of benzene rings is 1. The predicted molar refractivity (Wildman–Crippen MR) is 87.6 cm³/mol. The number of ether oxygens (including phenoxy) is 1. The van der Waals surface area contributed by atoms with Gasteiger partial charge in [0.25, 0.3) is 0 Å². The Kier molecular flexibility index (Phi) is 5.60. The van der Waals surface area contributed by atoms with Gasteiger partial charge in [-0.15, -0.1) is 10.2 Å². The monoisotopic (exact) mass is 340 g/mol. The zero-order valence-corrected chi connectivity index (χ0v) is 13.6. The summed E-state index contributed by atoms with van der Waals surface area (Å²) in [5.41, 5.74) is 0.420. The van der Waals surface area contributed by atoms with Crippen LogP contribution in [0.15, 0.2) is 28.6 Å². The zero-order valence-electron chi connectivity index (χ0n) is 12.0. The van der Waals surface area contributed by atoms with Crippen LogP contribution in [0.1, 0.15) is 0 Å². The van der Waals surface area contributed by atoms with Crippen LogP contribution in [0.2, 0.25) is 0 Å². The van der Waals surface area contributed by atoms with Crippen molar-refractivity contribution in [3.63, 3.8) is 0 Å². The van der Waals surface area contributed by atoms with E-state index in [1.807, 2.05) is 0 Å². The fraction of sp³-hybridized carbons (Fsp3) is 0.429. The standard InChI is InChI=1S/C14H17FN4OS2/c15-11-3-1-2-4-12(11)16-13-17-18-14(22-13)21-10-7-19-5-8-20-9-6-19/h1-4H,5-10H2,(H,16,17). The Hall–Kier alpha value is -1.22. The van der Waals surface area contributed by atoms with Crippen LogP contribution in [0.4, 0.5) is 15.2 Å². The van der Waals surface area contributed by atoms with E-state index in [-0.39, 0.29) is 5.82 Å². The van der Waals surface area contributed by atoms with Crippen LogP contribution < -0.4 is 5.32 Å². The molecule has 3 rings (SSSR count). The van der Waals surface area contributed by atoms with Gasteiger partial charge in [-0.25, -0.2) is 4.39 Å². The van der Waals surface area contributed by atoms with E-state index in [2.05, 4.69) is 20.4 Å². The minimum absolute atomic E-state index is 0.292. The second-order valence-corrected chi connectivity index (χ2v) is 7.10. The van der Waals surface area contributed by atoms with Crippen LogP contribution in [0.3, 0.4) is 0 Å². The quantitative estimate of drug-likeness (QED) is 0.816. The Morgan fingerprint density at radius 1 is 1.27 bits per heavy atom. The molecule has 0 bridgehead atoms. The predicted octanol–water partition coefficient (Wildman–Crippen LogP) is 2.85. The van der Waals surface area contributed by atoms with E-state index in [1.165, 1.54) is 17.4 Å². The van der Waals surface area contributed by atoms with E-state index in [9.17, 15) is 4.39 Å². The average molecular weight is 340 g/mol. The number of aromatic nitrogens is 2. The molecule has 1 aliphatic heterocycles. The van der Waals surface area contributed by atoms with Crippen molar-refractivity contribution in [1.29, 1.82) is 0 Å². The molecule has 1 N–H and O–H groups in total. The Labute approximate surface area is 136 Å². The average Bonchev–Trinajstić information content (AvgIpc) is 2.98. The summed E-state index contributed by atoms with van der Waals surface area (Å²) in [6.07, 6.45) is 0. The summed E-state index contributed by atoms with van der Waals surface area (Å²) in [5.74, 6) is 0.674. The first-order chi connectivity index (χ1) is 10.8. The van der Waals surface area contributed by atoms with Crippen LogP contribution in [0, 0.1) is 5.82 Å². The minimum atomic E-state index is -0.292. The van der Waals surface area contributed by atoms with E-state index in [0.29, 0.717) is 10.8 Å². The summed E-state index contributed by atoms with van der Waals surface area (Å²) < 4.78 is 19.8. The molecule has 1 aliphatic rings. The SMILES string of the molecule is Fc1ccccc1Nc1nnc(SCCN2CCOCC2)s1. The van der Waals surface area contributed by atoms with Gasteiger partial charge in [0.2, 0.25) is 5.13 Å². The number of hydrogen-bond acceptors (Lipinski definition) is 7. The first kappa shape index (κ1) is 15.7. The van der Waals surface area contributed by atoms with Gasteiger partial charge >= 0.3 is 0 Å². The summed E-state index contributed by atoms with van der Waals surface area (Å²) in [7, 11) is 0. The maximum atomic E-state index is 13.6. The second kappa shape index (κ2) is 7.87. The van der Waals surface area contributed by atoms with E-state index in [1.54, 1.807) is 30.0 Å². The Morgan fingerprint density at radius 3 is 2.91 bits per heavy atom. The molecule has 1 aromatic heterocycles. The molecule has 5 nitrogen and oxygen atoms in total. The maximum absolute atomic E-state index is 13.6. The number of hydrogen-bond donors (Lipinski definition) is 1. The molecule has 0 amide bonds. The third kappa shape index (κ3) is 4.39. The molecule has 0 atom stereocenters. The van der Waals surface area contributed by atoms with E-state index in [0.717, 1.165) is 42.9 Å². The largest absolute Gasteiger partial charge is 0.379 e. The highest BCUT2D eigenvalue weighted by Crippen LogP contribution is 2.28. The number of rotatable bonds is 6. The lowest BCUT2D eigenvalue weighted by Crippen LogP contribution is -2.37. The molecule has 22 heavy (non-hydrogen) atoms. The summed E-state index contributed by atoms with van der Waals surface area (Å²) in [4.78, 5) is 2.38. The lowest BCUT2D eigenvalue weighted by Gasteiger charge is -2.25. The third-order valence-electron chi connectivity index (χ3n) is 3.26. The Bertz CT molecular complexity index is 604. The van der Waals surface area contributed by atoms with E-state index < -0.39 is 0 Å². The molecule has 118 valence electrons. The summed E-state index contributed by atoms with van der Waals surface area (Å²) in [5, 5.41) is 11.8. The van der Waals surface area contributed by atoms with Gasteiger partial charge in [-0.3, -0.25) is 4.90 Å². The van der Waals surface area contributed by atoms with Crippen LogP contribution in [0.25, 0.3) is 0 Å². The van der Waals surface area contributed by atoms with Crippen LogP contribution in [-0.4, -0.2) is 53.7 Å². The molecule has 1 saturated heterocycles.